The number of ether oxygens (including phenoxy) is 1. The number of hydrogen-bond acceptors (Lipinski definition) is 4. The third-order valence-electron chi connectivity index (χ3n) is 3.36. The molecule has 0 radical (unpaired) electrons. The Morgan fingerprint density at radius 3 is 2.90 bits per heavy atom. The van der Waals surface area contributed by atoms with Crippen molar-refractivity contribution in [3.63, 3.8) is 0 Å². The summed E-state index contributed by atoms with van der Waals surface area (Å²) in [5.74, 6) is -0.817. The van der Waals surface area contributed by atoms with Crippen LogP contribution in [-0.4, -0.2) is 32.5 Å². The minimum Gasteiger partial charge on any atom is -0.487 e. The van der Waals surface area contributed by atoms with Gasteiger partial charge in [-0.15, -0.1) is 0 Å². The lowest BCUT2D eigenvalue weighted by atomic mass is 9.94. The second-order valence-electron chi connectivity index (χ2n) is 4.66. The van der Waals surface area contributed by atoms with Crippen LogP contribution in [0.5, 0.6) is 5.75 Å². The molecule has 1 aliphatic heterocycles. The number of imidazole rings is 1. The van der Waals surface area contributed by atoms with Crippen LogP contribution < -0.4 is 4.74 Å². The first-order valence-electron chi connectivity index (χ1n) is 6.13. The summed E-state index contributed by atoms with van der Waals surface area (Å²) in [5, 5.41) is 9.01. The molecule has 0 fully saturated rings. The van der Waals surface area contributed by atoms with Gasteiger partial charge in [-0.05, 0) is 25.1 Å². The minimum atomic E-state index is -1.07. The van der Waals surface area contributed by atoms with Crippen LogP contribution in [0.3, 0.4) is 0 Å². The van der Waals surface area contributed by atoms with Gasteiger partial charge in [0.1, 0.15) is 17.9 Å². The number of nitrogens with zero attached hydrogens (tertiary/aromatic N) is 2. The van der Waals surface area contributed by atoms with Gasteiger partial charge in [0, 0.05) is 12.4 Å². The predicted molar refractivity (Wildman–Crippen MR) is 69.1 cm³/mol. The van der Waals surface area contributed by atoms with Gasteiger partial charge in [-0.3, -0.25) is 4.79 Å². The van der Waals surface area contributed by atoms with E-state index in [2.05, 4.69) is 4.98 Å². The largest absolute Gasteiger partial charge is 0.487 e. The fraction of sp³-hybridized carbons (Fsp3) is 0.214. The summed E-state index contributed by atoms with van der Waals surface area (Å²) in [6.45, 7) is 1.80. The molecule has 2 aromatic rings. The Kier molecular flexibility index (Phi) is 2.78. The smallest absolute Gasteiger partial charge is 0.335 e. The number of carboxylic acids is 1. The highest BCUT2D eigenvalue weighted by atomic mass is 16.5. The average Bonchev–Trinajstić information content (AvgIpc) is 2.92. The first kappa shape index (κ1) is 12.4. The molecule has 1 aromatic carbocycles. The zero-order chi connectivity index (χ0) is 14.3. The summed E-state index contributed by atoms with van der Waals surface area (Å²) in [6, 6.07) is 3.78. The molecule has 2 atom stereocenters. The van der Waals surface area contributed by atoms with E-state index >= 15 is 0 Å². The van der Waals surface area contributed by atoms with Gasteiger partial charge in [-0.25, -0.2) is 9.78 Å². The molecule has 2 heterocycles. The van der Waals surface area contributed by atoms with Crippen LogP contribution in [0.1, 0.15) is 33.7 Å². The Balaban J connectivity index is 2.07. The summed E-state index contributed by atoms with van der Waals surface area (Å²) < 4.78 is 7.38. The highest BCUT2D eigenvalue weighted by Gasteiger charge is 2.36. The molecule has 1 aromatic heterocycles. The summed E-state index contributed by atoms with van der Waals surface area (Å²) in [6.07, 6.45) is 4.48. The summed E-state index contributed by atoms with van der Waals surface area (Å²) >= 11 is 0. The lowest BCUT2D eigenvalue weighted by molar-refractivity contribution is 0.0696. The maximum absolute atomic E-state index is 12.6. The number of rotatable bonds is 2. The number of hydrogen-bond donors (Lipinski definition) is 1. The third kappa shape index (κ3) is 1.85. The van der Waals surface area contributed by atoms with E-state index in [4.69, 9.17) is 9.84 Å². The highest BCUT2D eigenvalue weighted by molar-refractivity contribution is 6.04. The fourth-order valence-corrected chi connectivity index (χ4v) is 2.41. The molecule has 1 aliphatic rings. The van der Waals surface area contributed by atoms with Gasteiger partial charge in [-0.2, -0.15) is 0 Å². The van der Waals surface area contributed by atoms with E-state index in [9.17, 15) is 9.59 Å². The molecule has 0 unspecified atom stereocenters. The van der Waals surface area contributed by atoms with Crippen molar-refractivity contribution < 1.29 is 19.4 Å². The second kappa shape index (κ2) is 4.48. The molecule has 6 heteroatoms. The third-order valence-corrected chi connectivity index (χ3v) is 3.36. The molecular weight excluding hydrogens is 260 g/mol. The first-order chi connectivity index (χ1) is 9.58. The summed E-state index contributed by atoms with van der Waals surface area (Å²) in [5.41, 5.74) is 0.362. The SMILES string of the molecule is C[C@H]1Oc2ccc(C(=O)O)cc2C(=O)[C@@H]1n1ccnc1. The number of carbonyl (C=O) groups excluding carboxylic acids is 1. The van der Waals surface area contributed by atoms with Gasteiger partial charge in [0.2, 0.25) is 0 Å². The van der Waals surface area contributed by atoms with E-state index in [1.165, 1.54) is 18.2 Å². The number of aromatic nitrogens is 2. The van der Waals surface area contributed by atoms with Crippen LogP contribution >= 0.6 is 0 Å². The lowest BCUT2D eigenvalue weighted by Gasteiger charge is -2.31. The molecule has 102 valence electrons. The van der Waals surface area contributed by atoms with Crippen LogP contribution in [-0.2, 0) is 0 Å². The van der Waals surface area contributed by atoms with Gasteiger partial charge in [0.05, 0.1) is 17.5 Å². The molecule has 0 aliphatic carbocycles. The van der Waals surface area contributed by atoms with Crippen molar-refractivity contribution >= 4 is 11.8 Å². The molecular formula is C14H12N2O4. The predicted octanol–water partition coefficient (Wildman–Crippen LogP) is 1.79. The van der Waals surface area contributed by atoms with Crippen molar-refractivity contribution in [2.24, 2.45) is 0 Å². The zero-order valence-electron chi connectivity index (χ0n) is 10.7. The lowest BCUT2D eigenvalue weighted by Crippen LogP contribution is -2.37. The van der Waals surface area contributed by atoms with Crippen LogP contribution in [0.2, 0.25) is 0 Å². The number of carbonyl (C=O) groups is 2. The molecule has 0 saturated heterocycles. The summed E-state index contributed by atoms with van der Waals surface area (Å²) in [7, 11) is 0. The Labute approximate surface area is 114 Å². The molecule has 6 nitrogen and oxygen atoms in total. The monoisotopic (exact) mass is 272 g/mol. The van der Waals surface area contributed by atoms with E-state index < -0.39 is 12.0 Å². The van der Waals surface area contributed by atoms with Crippen LogP contribution in [0.15, 0.2) is 36.9 Å². The van der Waals surface area contributed by atoms with Crippen molar-refractivity contribution in [1.29, 1.82) is 0 Å². The van der Waals surface area contributed by atoms with Gasteiger partial charge in [-0.1, -0.05) is 0 Å². The molecule has 0 amide bonds. The number of ketones is 1. The quantitative estimate of drug-likeness (QED) is 0.901. The van der Waals surface area contributed by atoms with Crippen molar-refractivity contribution in [1.82, 2.24) is 9.55 Å². The van der Waals surface area contributed by atoms with Crippen molar-refractivity contribution in [3.05, 3.63) is 48.0 Å². The van der Waals surface area contributed by atoms with Crippen molar-refractivity contribution in [2.75, 3.05) is 0 Å². The average molecular weight is 272 g/mol. The van der Waals surface area contributed by atoms with Crippen LogP contribution in [0, 0.1) is 0 Å². The molecule has 1 N–H and O–H groups in total. The van der Waals surface area contributed by atoms with E-state index in [-0.39, 0.29) is 17.5 Å². The Bertz CT molecular complexity index is 678. The Morgan fingerprint density at radius 1 is 1.45 bits per heavy atom. The van der Waals surface area contributed by atoms with Crippen molar-refractivity contribution in [3.8, 4) is 5.75 Å². The number of carboxylic acid groups (broad SMARTS) is 1. The standard InChI is InChI=1S/C14H12N2O4/c1-8-12(16-5-4-15-7-16)13(17)10-6-9(14(18)19)2-3-11(10)20-8/h2-8,12H,1H3,(H,18,19)/t8-,12-/m1/s1. The van der Waals surface area contributed by atoms with E-state index in [1.54, 1.807) is 30.2 Å². The zero-order valence-corrected chi connectivity index (χ0v) is 10.7. The molecule has 0 spiro atoms. The van der Waals surface area contributed by atoms with Gasteiger partial charge < -0.3 is 14.4 Å². The first-order valence-corrected chi connectivity index (χ1v) is 6.13. The van der Waals surface area contributed by atoms with Crippen molar-refractivity contribution in [2.45, 2.75) is 19.1 Å². The van der Waals surface area contributed by atoms with E-state index in [0.717, 1.165) is 0 Å². The number of benzene rings is 1. The van der Waals surface area contributed by atoms with Gasteiger partial charge in [0.25, 0.3) is 0 Å². The molecule has 0 saturated carbocycles. The van der Waals surface area contributed by atoms with Crippen LogP contribution in [0.25, 0.3) is 0 Å². The highest BCUT2D eigenvalue weighted by Crippen LogP contribution is 2.33. The summed E-state index contributed by atoms with van der Waals surface area (Å²) in [4.78, 5) is 27.5. The number of fused-ring (bicyclic) bond motifs is 1. The second-order valence-corrected chi connectivity index (χ2v) is 4.66. The molecule has 0 bridgehead atoms. The topological polar surface area (TPSA) is 81.4 Å². The van der Waals surface area contributed by atoms with Gasteiger partial charge in [0.15, 0.2) is 5.78 Å². The van der Waals surface area contributed by atoms with Gasteiger partial charge >= 0.3 is 5.97 Å². The molecule has 3 rings (SSSR count). The van der Waals surface area contributed by atoms with E-state index in [1.807, 2.05) is 0 Å². The van der Waals surface area contributed by atoms with E-state index in [0.29, 0.717) is 11.3 Å². The Hall–Kier alpha value is -2.63. The normalized spacial score (nSPS) is 21.1. The molecule has 20 heavy (non-hydrogen) atoms. The maximum Gasteiger partial charge on any atom is 0.335 e. The van der Waals surface area contributed by atoms with Crippen LogP contribution in [0.4, 0.5) is 0 Å². The number of aromatic carboxylic acids is 1. The maximum atomic E-state index is 12.6. The fourth-order valence-electron chi connectivity index (χ4n) is 2.41. The Morgan fingerprint density at radius 2 is 2.25 bits per heavy atom. The minimum absolute atomic E-state index is 0.0691. The number of Topliss-reactive ketones (excluding diaryl/α,β-unsaturated/α-hetero) is 1.